The standard InChI is InChI=1S/C9H12ClNS/c1-7(10)9(2-3-9)6-8-11-4-5-12-8/h4-5,7H,2-3,6H2,1H3. The molecule has 0 radical (unpaired) electrons. The number of hydrogen-bond donors (Lipinski definition) is 0. The van der Waals surface area contributed by atoms with Crippen molar-refractivity contribution in [3.8, 4) is 0 Å². The van der Waals surface area contributed by atoms with Crippen molar-refractivity contribution in [3.05, 3.63) is 16.6 Å². The summed E-state index contributed by atoms with van der Waals surface area (Å²) < 4.78 is 0. The van der Waals surface area contributed by atoms with Crippen molar-refractivity contribution in [1.29, 1.82) is 0 Å². The lowest BCUT2D eigenvalue weighted by atomic mass is 9.99. The fourth-order valence-electron chi connectivity index (χ4n) is 1.52. The fourth-order valence-corrected chi connectivity index (χ4v) is 2.58. The highest BCUT2D eigenvalue weighted by Gasteiger charge is 2.46. The first-order valence-corrected chi connectivity index (χ1v) is 5.57. The Morgan fingerprint density at radius 1 is 1.75 bits per heavy atom. The van der Waals surface area contributed by atoms with Crippen molar-refractivity contribution in [1.82, 2.24) is 4.98 Å². The molecule has 0 aliphatic heterocycles. The molecular weight excluding hydrogens is 190 g/mol. The summed E-state index contributed by atoms with van der Waals surface area (Å²) in [5.41, 5.74) is 0.388. The molecule has 1 aliphatic carbocycles. The van der Waals surface area contributed by atoms with Gasteiger partial charge in [0.1, 0.15) is 0 Å². The Bertz CT molecular complexity index is 252. The van der Waals surface area contributed by atoms with E-state index in [1.54, 1.807) is 11.3 Å². The zero-order chi connectivity index (χ0) is 8.60. The normalized spacial score (nSPS) is 22.2. The van der Waals surface area contributed by atoms with Gasteiger partial charge in [0.25, 0.3) is 0 Å². The van der Waals surface area contributed by atoms with E-state index < -0.39 is 0 Å². The summed E-state index contributed by atoms with van der Waals surface area (Å²) in [7, 11) is 0. The zero-order valence-electron chi connectivity index (χ0n) is 7.09. The summed E-state index contributed by atoms with van der Waals surface area (Å²) in [4.78, 5) is 4.28. The summed E-state index contributed by atoms with van der Waals surface area (Å²) in [6.07, 6.45) is 5.50. The second-order valence-electron chi connectivity index (χ2n) is 3.58. The van der Waals surface area contributed by atoms with Crippen LogP contribution >= 0.6 is 22.9 Å². The number of halogens is 1. The van der Waals surface area contributed by atoms with E-state index in [4.69, 9.17) is 11.6 Å². The maximum absolute atomic E-state index is 6.13. The molecule has 0 spiro atoms. The van der Waals surface area contributed by atoms with Crippen LogP contribution in [-0.2, 0) is 6.42 Å². The molecule has 0 N–H and O–H groups in total. The van der Waals surface area contributed by atoms with Crippen LogP contribution in [0.15, 0.2) is 11.6 Å². The summed E-state index contributed by atoms with van der Waals surface area (Å²) in [5.74, 6) is 0. The molecule has 0 aromatic carbocycles. The molecule has 0 amide bonds. The first-order valence-electron chi connectivity index (χ1n) is 4.25. The van der Waals surface area contributed by atoms with Crippen molar-refractivity contribution < 1.29 is 0 Å². The van der Waals surface area contributed by atoms with Gasteiger partial charge >= 0.3 is 0 Å². The molecule has 1 unspecified atom stereocenters. The maximum Gasteiger partial charge on any atom is 0.0930 e. The van der Waals surface area contributed by atoms with Gasteiger partial charge in [0, 0.05) is 23.4 Å². The van der Waals surface area contributed by atoms with Crippen LogP contribution in [0.2, 0.25) is 0 Å². The Morgan fingerprint density at radius 3 is 2.92 bits per heavy atom. The molecule has 1 atom stereocenters. The van der Waals surface area contributed by atoms with E-state index in [0.717, 1.165) is 6.42 Å². The van der Waals surface area contributed by atoms with E-state index in [1.807, 2.05) is 11.6 Å². The number of alkyl halides is 1. The molecule has 1 saturated carbocycles. The van der Waals surface area contributed by atoms with Crippen molar-refractivity contribution >= 4 is 22.9 Å². The highest BCUT2D eigenvalue weighted by Crippen LogP contribution is 2.53. The largest absolute Gasteiger partial charge is 0.250 e. The molecular formula is C9H12ClNS. The third kappa shape index (κ3) is 1.50. The molecule has 1 heterocycles. The number of rotatable bonds is 3. The molecule has 0 bridgehead atoms. The van der Waals surface area contributed by atoms with Gasteiger partial charge in [-0.3, -0.25) is 0 Å². The topological polar surface area (TPSA) is 12.9 Å². The number of thiazole rings is 1. The van der Waals surface area contributed by atoms with Gasteiger partial charge in [0.05, 0.1) is 5.01 Å². The minimum atomic E-state index is 0.293. The zero-order valence-corrected chi connectivity index (χ0v) is 8.66. The van der Waals surface area contributed by atoms with Crippen molar-refractivity contribution in [3.63, 3.8) is 0 Å². The van der Waals surface area contributed by atoms with Crippen LogP contribution in [0.1, 0.15) is 24.8 Å². The molecule has 66 valence electrons. The average molecular weight is 202 g/mol. The lowest BCUT2D eigenvalue weighted by Gasteiger charge is -2.15. The predicted octanol–water partition coefficient (Wildman–Crippen LogP) is 3.09. The molecule has 1 aromatic heterocycles. The highest BCUT2D eigenvalue weighted by atomic mass is 35.5. The monoisotopic (exact) mass is 201 g/mol. The Hall–Kier alpha value is -0.0800. The molecule has 1 fully saturated rings. The van der Waals surface area contributed by atoms with Crippen LogP contribution in [0.4, 0.5) is 0 Å². The second-order valence-corrected chi connectivity index (χ2v) is 5.21. The van der Waals surface area contributed by atoms with Gasteiger partial charge in [-0.05, 0) is 25.2 Å². The Kier molecular flexibility index (Phi) is 2.13. The minimum absolute atomic E-state index is 0.293. The fraction of sp³-hybridized carbons (Fsp3) is 0.667. The van der Waals surface area contributed by atoms with Crippen LogP contribution < -0.4 is 0 Å². The van der Waals surface area contributed by atoms with Gasteiger partial charge in [-0.1, -0.05) is 0 Å². The molecule has 3 heteroatoms. The first-order chi connectivity index (χ1) is 5.73. The van der Waals surface area contributed by atoms with E-state index >= 15 is 0 Å². The van der Waals surface area contributed by atoms with Crippen molar-refractivity contribution in [2.75, 3.05) is 0 Å². The lowest BCUT2D eigenvalue weighted by Crippen LogP contribution is -2.15. The number of aromatic nitrogens is 1. The number of hydrogen-bond acceptors (Lipinski definition) is 2. The minimum Gasteiger partial charge on any atom is -0.250 e. The highest BCUT2D eigenvalue weighted by molar-refractivity contribution is 7.09. The third-order valence-electron chi connectivity index (χ3n) is 2.72. The van der Waals surface area contributed by atoms with E-state index in [9.17, 15) is 0 Å². The van der Waals surface area contributed by atoms with Crippen LogP contribution in [-0.4, -0.2) is 10.4 Å². The van der Waals surface area contributed by atoms with Crippen molar-refractivity contribution in [2.45, 2.75) is 31.6 Å². The third-order valence-corrected chi connectivity index (χ3v) is 3.97. The number of nitrogens with zero attached hydrogens (tertiary/aromatic N) is 1. The predicted molar refractivity (Wildman–Crippen MR) is 52.8 cm³/mol. The summed E-state index contributed by atoms with van der Waals surface area (Å²) in [6, 6.07) is 0. The molecule has 0 saturated heterocycles. The second kappa shape index (κ2) is 3.00. The first kappa shape index (κ1) is 8.52. The van der Waals surface area contributed by atoms with E-state index in [1.165, 1.54) is 17.8 Å². The lowest BCUT2D eigenvalue weighted by molar-refractivity contribution is 0.495. The molecule has 1 aromatic rings. The van der Waals surface area contributed by atoms with E-state index in [2.05, 4.69) is 11.9 Å². The average Bonchev–Trinajstić information content (AvgIpc) is 2.60. The molecule has 1 aliphatic rings. The van der Waals surface area contributed by atoms with Gasteiger partial charge in [-0.25, -0.2) is 4.98 Å². The molecule has 12 heavy (non-hydrogen) atoms. The van der Waals surface area contributed by atoms with Gasteiger partial charge in [0.15, 0.2) is 0 Å². The Balaban J connectivity index is 2.04. The maximum atomic E-state index is 6.13. The van der Waals surface area contributed by atoms with Crippen LogP contribution in [0, 0.1) is 5.41 Å². The SMILES string of the molecule is CC(Cl)C1(Cc2nccs2)CC1. The van der Waals surface area contributed by atoms with Gasteiger partial charge in [0.2, 0.25) is 0 Å². The van der Waals surface area contributed by atoms with E-state index in [0.29, 0.717) is 10.8 Å². The summed E-state index contributed by atoms with van der Waals surface area (Å²) in [5, 5.41) is 3.56. The summed E-state index contributed by atoms with van der Waals surface area (Å²) in [6.45, 7) is 2.10. The molecule has 1 nitrogen and oxygen atoms in total. The van der Waals surface area contributed by atoms with Crippen LogP contribution in [0.3, 0.4) is 0 Å². The van der Waals surface area contributed by atoms with E-state index in [-0.39, 0.29) is 0 Å². The summed E-state index contributed by atoms with van der Waals surface area (Å²) >= 11 is 7.86. The van der Waals surface area contributed by atoms with Crippen molar-refractivity contribution in [2.24, 2.45) is 5.41 Å². The van der Waals surface area contributed by atoms with Gasteiger partial charge in [-0.15, -0.1) is 22.9 Å². The smallest absolute Gasteiger partial charge is 0.0930 e. The van der Waals surface area contributed by atoms with Gasteiger partial charge < -0.3 is 0 Å². The Morgan fingerprint density at radius 2 is 2.50 bits per heavy atom. The molecule has 2 rings (SSSR count). The van der Waals surface area contributed by atoms with Crippen LogP contribution in [0.5, 0.6) is 0 Å². The van der Waals surface area contributed by atoms with Crippen LogP contribution in [0.25, 0.3) is 0 Å². The quantitative estimate of drug-likeness (QED) is 0.685. The Labute approximate surface area is 81.8 Å². The van der Waals surface area contributed by atoms with Gasteiger partial charge in [-0.2, -0.15) is 0 Å².